The molecule has 214 valence electrons. The second-order valence-corrected chi connectivity index (χ2v) is 9.46. The number of carbonyl (C=O) groups excluding carboxylic acids is 2. The summed E-state index contributed by atoms with van der Waals surface area (Å²) in [7, 11) is 0. The van der Waals surface area contributed by atoms with Crippen molar-refractivity contribution in [2.24, 2.45) is 0 Å². The summed E-state index contributed by atoms with van der Waals surface area (Å²) in [6, 6.07) is 9.63. The maximum atomic E-state index is 13.6. The number of carbonyl (C=O) groups is 2. The van der Waals surface area contributed by atoms with Crippen molar-refractivity contribution in [1.82, 2.24) is 14.5 Å². The number of unbranched alkanes of at least 4 members (excludes halogenated alkanes) is 2. The van der Waals surface area contributed by atoms with E-state index in [1.165, 1.54) is 0 Å². The molecule has 2 aromatic heterocycles. The summed E-state index contributed by atoms with van der Waals surface area (Å²) in [5, 5.41) is 25.6. The molecule has 2 heterocycles. The van der Waals surface area contributed by atoms with Gasteiger partial charge in [0.15, 0.2) is 5.65 Å². The Hall–Kier alpha value is -4.94. The van der Waals surface area contributed by atoms with Crippen LogP contribution >= 0.6 is 0 Å². The number of benzene rings is 2. The van der Waals surface area contributed by atoms with E-state index in [9.17, 15) is 29.8 Å². The van der Waals surface area contributed by atoms with E-state index in [2.05, 4.69) is 12.2 Å². The number of anilines is 1. The normalized spacial score (nSPS) is 11.9. The molecule has 1 atom stereocenters. The lowest BCUT2D eigenvalue weighted by atomic mass is 10.1. The highest BCUT2D eigenvalue weighted by Crippen LogP contribution is 2.37. The van der Waals surface area contributed by atoms with E-state index in [1.54, 1.807) is 29.7 Å². The minimum Gasteiger partial charge on any atom is -0.462 e. The number of non-ortho nitro benzene ring substituents is 2. The van der Waals surface area contributed by atoms with Crippen LogP contribution in [0.3, 0.4) is 0 Å². The highest BCUT2D eigenvalue weighted by Gasteiger charge is 2.31. The minimum atomic E-state index is -0.876. The number of hydrogen-bond donors (Lipinski definition) is 1. The van der Waals surface area contributed by atoms with Gasteiger partial charge < -0.3 is 14.6 Å². The van der Waals surface area contributed by atoms with Gasteiger partial charge in [0.2, 0.25) is 0 Å². The summed E-state index contributed by atoms with van der Waals surface area (Å²) in [6.07, 6.45) is 4.21. The monoisotopic (exact) mass is 562 g/mol. The SMILES string of the molecule is CCCCCC(CC)n1c(NC(=O)c2cc([N+](=O)[O-])cc([N+](=O)[O-])c2)c(C(=O)OCC)c2nc3ccccc3nc21. The Morgan fingerprint density at radius 1 is 0.976 bits per heavy atom. The predicted molar refractivity (Wildman–Crippen MR) is 152 cm³/mol. The Kier molecular flexibility index (Phi) is 8.85. The Bertz CT molecular complexity index is 1620. The zero-order valence-corrected chi connectivity index (χ0v) is 23.0. The summed E-state index contributed by atoms with van der Waals surface area (Å²) in [4.78, 5) is 57.7. The van der Waals surface area contributed by atoms with Gasteiger partial charge in [-0.25, -0.2) is 14.8 Å². The number of nitro benzene ring substituents is 2. The number of para-hydroxylation sites is 2. The fraction of sp³-hybridized carbons (Fsp3) is 0.357. The number of esters is 1. The number of ether oxygens (including phenoxy) is 1. The number of hydrogen-bond acceptors (Lipinski definition) is 9. The van der Waals surface area contributed by atoms with E-state index >= 15 is 0 Å². The van der Waals surface area contributed by atoms with Gasteiger partial charge in [-0.3, -0.25) is 25.0 Å². The van der Waals surface area contributed by atoms with Gasteiger partial charge in [0, 0.05) is 18.2 Å². The van der Waals surface area contributed by atoms with Crippen molar-refractivity contribution >= 4 is 51.3 Å². The molecule has 0 aliphatic rings. The van der Waals surface area contributed by atoms with Gasteiger partial charge in [-0.2, -0.15) is 0 Å². The van der Waals surface area contributed by atoms with E-state index in [4.69, 9.17) is 14.7 Å². The van der Waals surface area contributed by atoms with Crippen LogP contribution in [-0.4, -0.2) is 42.9 Å². The highest BCUT2D eigenvalue weighted by atomic mass is 16.6. The van der Waals surface area contributed by atoms with Gasteiger partial charge in [0.1, 0.15) is 16.9 Å². The highest BCUT2D eigenvalue weighted by molar-refractivity contribution is 6.14. The van der Waals surface area contributed by atoms with Crippen LogP contribution in [0.4, 0.5) is 17.2 Å². The molecule has 0 spiro atoms. The molecule has 0 radical (unpaired) electrons. The van der Waals surface area contributed by atoms with Crippen molar-refractivity contribution in [3.05, 3.63) is 73.8 Å². The lowest BCUT2D eigenvalue weighted by molar-refractivity contribution is -0.394. The molecule has 0 bridgehead atoms. The fourth-order valence-electron chi connectivity index (χ4n) is 4.80. The van der Waals surface area contributed by atoms with Crippen molar-refractivity contribution in [3.63, 3.8) is 0 Å². The molecule has 2 aromatic carbocycles. The quantitative estimate of drug-likeness (QED) is 0.0891. The number of nitro groups is 2. The molecule has 1 N–H and O–H groups in total. The molecule has 13 nitrogen and oxygen atoms in total. The maximum absolute atomic E-state index is 13.6. The lowest BCUT2D eigenvalue weighted by Gasteiger charge is -2.21. The molecule has 0 aliphatic carbocycles. The summed E-state index contributed by atoms with van der Waals surface area (Å²) in [6.45, 7) is 5.78. The number of nitrogens with zero attached hydrogens (tertiary/aromatic N) is 5. The van der Waals surface area contributed by atoms with Gasteiger partial charge in [-0.05, 0) is 31.9 Å². The zero-order chi connectivity index (χ0) is 29.7. The number of rotatable bonds is 12. The van der Waals surface area contributed by atoms with Crippen molar-refractivity contribution < 1.29 is 24.2 Å². The Labute approximate surface area is 234 Å². The van der Waals surface area contributed by atoms with Crippen LogP contribution in [0.15, 0.2) is 42.5 Å². The van der Waals surface area contributed by atoms with Gasteiger partial charge in [0.25, 0.3) is 17.3 Å². The third kappa shape index (κ3) is 5.98. The summed E-state index contributed by atoms with van der Waals surface area (Å²) >= 11 is 0. The number of fused-ring (bicyclic) bond motifs is 2. The molecule has 1 unspecified atom stereocenters. The zero-order valence-electron chi connectivity index (χ0n) is 23.0. The molecular weight excluding hydrogens is 532 g/mol. The largest absolute Gasteiger partial charge is 0.462 e. The van der Waals surface area contributed by atoms with Gasteiger partial charge >= 0.3 is 5.97 Å². The molecular formula is C28H30N6O7. The van der Waals surface area contributed by atoms with Gasteiger partial charge in [-0.1, -0.05) is 45.2 Å². The molecule has 4 rings (SSSR count). The van der Waals surface area contributed by atoms with E-state index in [1.807, 2.05) is 13.0 Å². The first-order chi connectivity index (χ1) is 19.7. The number of amides is 1. The summed E-state index contributed by atoms with van der Waals surface area (Å²) in [5.74, 6) is -1.54. The van der Waals surface area contributed by atoms with Crippen LogP contribution in [0.2, 0.25) is 0 Å². The molecule has 0 aliphatic heterocycles. The first-order valence-corrected chi connectivity index (χ1v) is 13.4. The van der Waals surface area contributed by atoms with Crippen LogP contribution in [0.5, 0.6) is 0 Å². The lowest BCUT2D eigenvalue weighted by Crippen LogP contribution is -2.20. The average Bonchev–Trinajstić information content (AvgIpc) is 3.26. The number of aromatic nitrogens is 3. The topological polar surface area (TPSA) is 172 Å². The van der Waals surface area contributed by atoms with Gasteiger partial charge in [0.05, 0.1) is 39.1 Å². The van der Waals surface area contributed by atoms with E-state index in [0.29, 0.717) is 23.1 Å². The van der Waals surface area contributed by atoms with Crippen molar-refractivity contribution in [3.8, 4) is 0 Å². The third-order valence-electron chi connectivity index (χ3n) is 6.77. The molecule has 0 saturated carbocycles. The average molecular weight is 563 g/mol. The second kappa shape index (κ2) is 12.5. The Morgan fingerprint density at radius 3 is 2.17 bits per heavy atom. The minimum absolute atomic E-state index is 0.0117. The van der Waals surface area contributed by atoms with Crippen molar-refractivity contribution in [1.29, 1.82) is 0 Å². The first-order valence-electron chi connectivity index (χ1n) is 13.4. The van der Waals surface area contributed by atoms with E-state index in [0.717, 1.165) is 43.9 Å². The molecule has 13 heteroatoms. The second-order valence-electron chi connectivity index (χ2n) is 9.46. The Balaban J connectivity index is 1.98. The molecule has 0 saturated heterocycles. The Morgan fingerprint density at radius 2 is 1.61 bits per heavy atom. The third-order valence-corrected chi connectivity index (χ3v) is 6.77. The predicted octanol–water partition coefficient (Wildman–Crippen LogP) is 6.36. The van der Waals surface area contributed by atoms with Crippen molar-refractivity contribution in [2.45, 2.75) is 58.9 Å². The van der Waals surface area contributed by atoms with Crippen LogP contribution < -0.4 is 5.32 Å². The molecule has 1 amide bonds. The van der Waals surface area contributed by atoms with Crippen molar-refractivity contribution in [2.75, 3.05) is 11.9 Å². The molecule has 0 fully saturated rings. The van der Waals surface area contributed by atoms with Crippen LogP contribution in [-0.2, 0) is 4.74 Å². The molecule has 41 heavy (non-hydrogen) atoms. The summed E-state index contributed by atoms with van der Waals surface area (Å²) in [5.41, 5.74) is 0.169. The number of nitrogens with one attached hydrogen (secondary N) is 1. The van der Waals surface area contributed by atoms with Crippen LogP contribution in [0.1, 0.15) is 79.6 Å². The van der Waals surface area contributed by atoms with Gasteiger partial charge in [-0.15, -0.1) is 0 Å². The maximum Gasteiger partial charge on any atom is 0.344 e. The molecule has 4 aromatic rings. The van der Waals surface area contributed by atoms with E-state index in [-0.39, 0.29) is 35.1 Å². The van der Waals surface area contributed by atoms with Crippen LogP contribution in [0, 0.1) is 20.2 Å². The fourth-order valence-corrected chi connectivity index (χ4v) is 4.80. The summed E-state index contributed by atoms with van der Waals surface area (Å²) < 4.78 is 7.12. The standard InChI is InChI=1S/C28H30N6O7/c1-4-7-8-11-18(5-2)32-25(31-27(35)17-14-19(33(37)38)16-20(15-17)34(39)40)23(28(36)41-6-3)24-26(32)30-22-13-10-9-12-21(22)29-24/h9-10,12-16,18H,4-8,11H2,1-3H3,(H,31,35). The smallest absolute Gasteiger partial charge is 0.344 e. The first kappa shape index (κ1) is 29.1. The van der Waals surface area contributed by atoms with E-state index < -0.39 is 33.1 Å². The van der Waals surface area contributed by atoms with Crippen LogP contribution in [0.25, 0.3) is 22.2 Å².